The third-order valence-electron chi connectivity index (χ3n) is 3.71. The Labute approximate surface area is 119 Å². The van der Waals surface area contributed by atoms with Crippen molar-refractivity contribution in [2.24, 2.45) is 0 Å². The van der Waals surface area contributed by atoms with Crippen LogP contribution in [0.15, 0.2) is 12.1 Å². The SMILES string of the molecule is CCC1OC1CC(C)c1cc(Cl)c(OC)cc1OC. The van der Waals surface area contributed by atoms with Crippen molar-refractivity contribution in [3.05, 3.63) is 22.7 Å². The van der Waals surface area contributed by atoms with Crippen molar-refractivity contribution in [1.29, 1.82) is 0 Å². The van der Waals surface area contributed by atoms with Crippen LogP contribution in [-0.4, -0.2) is 26.4 Å². The van der Waals surface area contributed by atoms with Crippen LogP contribution in [0.4, 0.5) is 0 Å². The molecule has 0 bridgehead atoms. The maximum Gasteiger partial charge on any atom is 0.141 e. The van der Waals surface area contributed by atoms with E-state index in [4.69, 9.17) is 25.8 Å². The van der Waals surface area contributed by atoms with Crippen molar-refractivity contribution >= 4 is 11.6 Å². The topological polar surface area (TPSA) is 31.0 Å². The van der Waals surface area contributed by atoms with Gasteiger partial charge in [-0.05, 0) is 30.4 Å². The highest BCUT2D eigenvalue weighted by atomic mass is 35.5. The van der Waals surface area contributed by atoms with Crippen molar-refractivity contribution in [2.45, 2.75) is 44.8 Å². The Hall–Kier alpha value is -0.930. The van der Waals surface area contributed by atoms with Crippen LogP contribution < -0.4 is 9.47 Å². The highest BCUT2D eigenvalue weighted by Crippen LogP contribution is 2.40. The lowest BCUT2D eigenvalue weighted by Crippen LogP contribution is -2.03. The highest BCUT2D eigenvalue weighted by Gasteiger charge is 2.38. The molecule has 1 aromatic rings. The molecule has 1 saturated heterocycles. The van der Waals surface area contributed by atoms with Gasteiger partial charge in [-0.3, -0.25) is 0 Å². The van der Waals surface area contributed by atoms with Crippen molar-refractivity contribution in [3.8, 4) is 11.5 Å². The summed E-state index contributed by atoms with van der Waals surface area (Å²) in [6, 6.07) is 3.78. The molecule has 1 aliphatic heterocycles. The van der Waals surface area contributed by atoms with Gasteiger partial charge in [-0.25, -0.2) is 0 Å². The molecule has 19 heavy (non-hydrogen) atoms. The molecule has 0 radical (unpaired) electrons. The molecule has 1 heterocycles. The summed E-state index contributed by atoms with van der Waals surface area (Å²) < 4.78 is 16.3. The summed E-state index contributed by atoms with van der Waals surface area (Å²) in [6.07, 6.45) is 2.89. The lowest BCUT2D eigenvalue weighted by molar-refractivity contribution is 0.349. The molecule has 3 atom stereocenters. The maximum atomic E-state index is 6.20. The molecule has 106 valence electrons. The number of benzene rings is 1. The van der Waals surface area contributed by atoms with Gasteiger partial charge in [-0.15, -0.1) is 0 Å². The van der Waals surface area contributed by atoms with Gasteiger partial charge in [-0.2, -0.15) is 0 Å². The van der Waals surface area contributed by atoms with Gasteiger partial charge in [0, 0.05) is 6.07 Å². The Morgan fingerprint density at radius 3 is 2.42 bits per heavy atom. The maximum absolute atomic E-state index is 6.20. The van der Waals surface area contributed by atoms with Crippen LogP contribution in [0.25, 0.3) is 0 Å². The van der Waals surface area contributed by atoms with E-state index in [2.05, 4.69) is 13.8 Å². The molecule has 0 amide bonds. The van der Waals surface area contributed by atoms with Gasteiger partial charge in [0.25, 0.3) is 0 Å². The number of epoxide rings is 1. The Kier molecular flexibility index (Phi) is 4.58. The van der Waals surface area contributed by atoms with Crippen LogP contribution >= 0.6 is 11.6 Å². The number of hydrogen-bond acceptors (Lipinski definition) is 3. The Morgan fingerprint density at radius 2 is 1.89 bits per heavy atom. The predicted octanol–water partition coefficient (Wildman–Crippen LogP) is 4.03. The molecule has 1 fully saturated rings. The van der Waals surface area contributed by atoms with Gasteiger partial charge in [0.1, 0.15) is 11.5 Å². The molecular formula is C15H21ClO3. The zero-order valence-electron chi connectivity index (χ0n) is 11.9. The van der Waals surface area contributed by atoms with Crippen LogP contribution in [0.5, 0.6) is 11.5 Å². The van der Waals surface area contributed by atoms with E-state index in [1.165, 1.54) is 0 Å². The van der Waals surface area contributed by atoms with Crippen LogP contribution in [0.2, 0.25) is 5.02 Å². The average molecular weight is 285 g/mol. The molecule has 1 aliphatic rings. The first-order valence-corrected chi connectivity index (χ1v) is 7.05. The van der Waals surface area contributed by atoms with Crippen molar-refractivity contribution in [1.82, 2.24) is 0 Å². The van der Waals surface area contributed by atoms with Gasteiger partial charge < -0.3 is 14.2 Å². The second kappa shape index (κ2) is 6.02. The number of halogens is 1. The standard InChI is InChI=1S/C15H21ClO3/c1-5-12-15(19-12)6-9(2)10-7-11(16)14(18-4)8-13(10)17-3/h7-9,12,15H,5-6H2,1-4H3. The molecule has 3 unspecified atom stereocenters. The molecule has 1 aromatic carbocycles. The largest absolute Gasteiger partial charge is 0.496 e. The first-order chi connectivity index (χ1) is 9.10. The van der Waals surface area contributed by atoms with Crippen LogP contribution in [0.3, 0.4) is 0 Å². The van der Waals surface area contributed by atoms with E-state index in [0.717, 1.165) is 24.2 Å². The van der Waals surface area contributed by atoms with Gasteiger partial charge in [0.05, 0.1) is 31.5 Å². The molecular weight excluding hydrogens is 264 g/mol. The van der Waals surface area contributed by atoms with E-state index in [9.17, 15) is 0 Å². The second-order valence-electron chi connectivity index (χ2n) is 4.99. The lowest BCUT2D eigenvalue weighted by Gasteiger charge is -2.17. The van der Waals surface area contributed by atoms with Crippen LogP contribution in [0, 0.1) is 0 Å². The van der Waals surface area contributed by atoms with E-state index in [1.54, 1.807) is 14.2 Å². The van der Waals surface area contributed by atoms with E-state index in [-0.39, 0.29) is 0 Å². The summed E-state index contributed by atoms with van der Waals surface area (Å²) in [7, 11) is 3.27. The van der Waals surface area contributed by atoms with E-state index in [0.29, 0.717) is 28.9 Å². The normalized spacial score (nSPS) is 23.0. The fraction of sp³-hybridized carbons (Fsp3) is 0.600. The third-order valence-corrected chi connectivity index (χ3v) is 4.01. The fourth-order valence-corrected chi connectivity index (χ4v) is 2.74. The van der Waals surface area contributed by atoms with Crippen LogP contribution in [0.1, 0.15) is 38.2 Å². The smallest absolute Gasteiger partial charge is 0.141 e. The zero-order valence-corrected chi connectivity index (χ0v) is 12.7. The molecule has 0 aromatic heterocycles. The fourth-order valence-electron chi connectivity index (χ4n) is 2.49. The van der Waals surface area contributed by atoms with Crippen molar-refractivity contribution in [2.75, 3.05) is 14.2 Å². The molecule has 0 N–H and O–H groups in total. The highest BCUT2D eigenvalue weighted by molar-refractivity contribution is 6.32. The van der Waals surface area contributed by atoms with E-state index < -0.39 is 0 Å². The molecule has 2 rings (SSSR count). The van der Waals surface area contributed by atoms with Crippen molar-refractivity contribution in [3.63, 3.8) is 0 Å². The minimum atomic E-state index is 0.347. The first kappa shape index (κ1) is 14.5. The number of ether oxygens (including phenoxy) is 3. The van der Waals surface area contributed by atoms with Crippen molar-refractivity contribution < 1.29 is 14.2 Å². The summed E-state index contributed by atoms with van der Waals surface area (Å²) in [6.45, 7) is 4.33. The molecule has 4 heteroatoms. The summed E-state index contributed by atoms with van der Waals surface area (Å²) in [4.78, 5) is 0. The lowest BCUT2D eigenvalue weighted by atomic mass is 9.94. The summed E-state index contributed by atoms with van der Waals surface area (Å²) >= 11 is 6.20. The monoisotopic (exact) mass is 284 g/mol. The quantitative estimate of drug-likeness (QED) is 0.739. The van der Waals surface area contributed by atoms with Crippen LogP contribution in [-0.2, 0) is 4.74 Å². The van der Waals surface area contributed by atoms with E-state index in [1.807, 2.05) is 12.1 Å². The molecule has 0 spiro atoms. The Bertz CT molecular complexity index is 447. The van der Waals surface area contributed by atoms with Gasteiger partial charge in [0.15, 0.2) is 0 Å². The minimum Gasteiger partial charge on any atom is -0.496 e. The average Bonchev–Trinajstić information content (AvgIpc) is 3.16. The summed E-state index contributed by atoms with van der Waals surface area (Å²) in [5.41, 5.74) is 1.11. The predicted molar refractivity (Wildman–Crippen MR) is 76.5 cm³/mol. The van der Waals surface area contributed by atoms with Gasteiger partial charge in [0.2, 0.25) is 0 Å². The Balaban J connectivity index is 2.16. The molecule has 3 nitrogen and oxygen atoms in total. The summed E-state index contributed by atoms with van der Waals surface area (Å²) in [5.74, 6) is 1.81. The number of hydrogen-bond donors (Lipinski definition) is 0. The van der Waals surface area contributed by atoms with Gasteiger partial charge >= 0.3 is 0 Å². The minimum absolute atomic E-state index is 0.347. The molecule has 0 aliphatic carbocycles. The number of rotatable bonds is 6. The number of methoxy groups -OCH3 is 2. The summed E-state index contributed by atoms with van der Waals surface area (Å²) in [5, 5.41) is 0.619. The van der Waals surface area contributed by atoms with E-state index >= 15 is 0 Å². The molecule has 0 saturated carbocycles. The third kappa shape index (κ3) is 3.15. The Morgan fingerprint density at radius 1 is 1.21 bits per heavy atom. The zero-order chi connectivity index (χ0) is 14.0. The second-order valence-corrected chi connectivity index (χ2v) is 5.39. The van der Waals surface area contributed by atoms with Gasteiger partial charge in [-0.1, -0.05) is 25.4 Å². The first-order valence-electron chi connectivity index (χ1n) is 6.67.